The molecule has 4 aromatic rings. The number of amides is 1. The van der Waals surface area contributed by atoms with Crippen molar-refractivity contribution in [3.05, 3.63) is 77.9 Å². The number of benzene rings is 2. The molecule has 2 aromatic carbocycles. The maximum absolute atomic E-state index is 13.8. The van der Waals surface area contributed by atoms with Gasteiger partial charge in [-0.15, -0.1) is 0 Å². The maximum atomic E-state index is 13.8. The summed E-state index contributed by atoms with van der Waals surface area (Å²) in [4.78, 5) is 26.6. The van der Waals surface area contributed by atoms with E-state index < -0.39 is 11.7 Å². The highest BCUT2D eigenvalue weighted by Crippen LogP contribution is 2.31. The van der Waals surface area contributed by atoms with Crippen LogP contribution in [0.5, 0.6) is 0 Å². The summed E-state index contributed by atoms with van der Waals surface area (Å²) >= 11 is 1.52. The lowest BCUT2D eigenvalue weighted by Gasteiger charge is -2.10. The van der Waals surface area contributed by atoms with Crippen molar-refractivity contribution in [2.24, 2.45) is 0 Å². The quantitative estimate of drug-likeness (QED) is 0.392. The minimum absolute atomic E-state index is 0.0160. The Morgan fingerprint density at radius 2 is 1.84 bits per heavy atom. The molecule has 4 rings (SSSR count). The van der Waals surface area contributed by atoms with Crippen LogP contribution >= 0.6 is 11.3 Å². The van der Waals surface area contributed by atoms with Gasteiger partial charge in [-0.25, -0.2) is 19.3 Å². The fourth-order valence-electron chi connectivity index (χ4n) is 2.93. The molecule has 0 aliphatic carbocycles. The SMILES string of the molecule is CNc1nc(C)c(-c2ccnc(Nc3cccc(NC(=O)c4ccccc4F)c3)n2)s1. The predicted octanol–water partition coefficient (Wildman–Crippen LogP) is 5.09. The largest absolute Gasteiger partial charge is 0.365 e. The smallest absolute Gasteiger partial charge is 0.258 e. The minimum atomic E-state index is -0.570. The third-order valence-corrected chi connectivity index (χ3v) is 5.59. The zero-order chi connectivity index (χ0) is 21.8. The Balaban J connectivity index is 1.52. The van der Waals surface area contributed by atoms with Gasteiger partial charge in [0.1, 0.15) is 5.82 Å². The number of nitrogens with zero attached hydrogens (tertiary/aromatic N) is 3. The van der Waals surface area contributed by atoms with Crippen molar-refractivity contribution in [2.75, 3.05) is 23.0 Å². The molecule has 1 amide bonds. The number of carbonyl (C=O) groups excluding carboxylic acids is 1. The number of hydrogen-bond acceptors (Lipinski definition) is 7. The van der Waals surface area contributed by atoms with Gasteiger partial charge in [-0.1, -0.05) is 29.5 Å². The lowest BCUT2D eigenvalue weighted by molar-refractivity contribution is 0.102. The Morgan fingerprint density at radius 3 is 2.61 bits per heavy atom. The van der Waals surface area contributed by atoms with E-state index in [0.717, 1.165) is 21.4 Å². The predicted molar refractivity (Wildman–Crippen MR) is 122 cm³/mol. The van der Waals surface area contributed by atoms with E-state index >= 15 is 0 Å². The normalized spacial score (nSPS) is 10.5. The zero-order valence-corrected chi connectivity index (χ0v) is 17.6. The van der Waals surface area contributed by atoms with Crippen molar-refractivity contribution in [3.8, 4) is 10.6 Å². The number of anilines is 4. The summed E-state index contributed by atoms with van der Waals surface area (Å²) in [7, 11) is 1.83. The van der Waals surface area contributed by atoms with E-state index in [4.69, 9.17) is 0 Å². The molecule has 2 aromatic heterocycles. The number of thiazole rings is 1. The fraction of sp³-hybridized carbons (Fsp3) is 0.0909. The molecule has 2 heterocycles. The zero-order valence-electron chi connectivity index (χ0n) is 16.8. The van der Waals surface area contributed by atoms with Gasteiger partial charge in [0, 0.05) is 24.6 Å². The number of hydrogen-bond donors (Lipinski definition) is 3. The molecule has 0 unspecified atom stereocenters. The summed E-state index contributed by atoms with van der Waals surface area (Å²) in [5, 5.41) is 9.70. The van der Waals surface area contributed by atoms with Gasteiger partial charge in [0.15, 0.2) is 5.13 Å². The van der Waals surface area contributed by atoms with Crippen molar-refractivity contribution in [3.63, 3.8) is 0 Å². The lowest BCUT2D eigenvalue weighted by Crippen LogP contribution is -2.13. The highest BCUT2D eigenvalue weighted by molar-refractivity contribution is 7.19. The van der Waals surface area contributed by atoms with Crippen LogP contribution in [0.15, 0.2) is 60.8 Å². The first-order valence-electron chi connectivity index (χ1n) is 9.45. The van der Waals surface area contributed by atoms with E-state index in [0.29, 0.717) is 17.3 Å². The van der Waals surface area contributed by atoms with E-state index in [1.807, 2.05) is 26.1 Å². The maximum Gasteiger partial charge on any atom is 0.258 e. The van der Waals surface area contributed by atoms with Gasteiger partial charge in [0.05, 0.1) is 21.8 Å². The van der Waals surface area contributed by atoms with Gasteiger partial charge in [-0.2, -0.15) is 0 Å². The van der Waals surface area contributed by atoms with E-state index in [2.05, 4.69) is 30.9 Å². The Bertz CT molecular complexity index is 1240. The highest BCUT2D eigenvalue weighted by Gasteiger charge is 2.13. The van der Waals surface area contributed by atoms with Crippen LogP contribution in [0.4, 0.5) is 26.8 Å². The molecule has 9 heteroatoms. The van der Waals surface area contributed by atoms with Crippen LogP contribution in [-0.2, 0) is 0 Å². The molecule has 156 valence electrons. The Kier molecular flexibility index (Phi) is 5.85. The first-order chi connectivity index (χ1) is 15.0. The number of halogens is 1. The Hall–Kier alpha value is -3.85. The summed E-state index contributed by atoms with van der Waals surface area (Å²) in [6, 6.07) is 14.7. The first kappa shape index (κ1) is 20.4. The van der Waals surface area contributed by atoms with Gasteiger partial charge >= 0.3 is 0 Å². The van der Waals surface area contributed by atoms with Crippen LogP contribution in [0, 0.1) is 12.7 Å². The molecule has 0 aliphatic rings. The van der Waals surface area contributed by atoms with Crippen LogP contribution in [0.25, 0.3) is 10.6 Å². The Morgan fingerprint density at radius 1 is 1.03 bits per heavy atom. The standard InChI is InChI=1S/C22H19FN6OS/c1-13-19(31-22(24-2)26-13)18-10-11-25-21(29-18)28-15-7-5-6-14(12-15)27-20(30)16-8-3-4-9-17(16)23/h3-12H,1-2H3,(H,24,26)(H,27,30)(H,25,28,29). The summed E-state index contributed by atoms with van der Waals surface area (Å²) in [6.07, 6.45) is 1.67. The molecule has 0 atom stereocenters. The topological polar surface area (TPSA) is 91.8 Å². The van der Waals surface area contributed by atoms with Crippen molar-refractivity contribution in [1.29, 1.82) is 0 Å². The number of carbonyl (C=O) groups is 1. The molecule has 7 nitrogen and oxygen atoms in total. The van der Waals surface area contributed by atoms with Crippen molar-refractivity contribution >= 4 is 39.7 Å². The van der Waals surface area contributed by atoms with E-state index in [9.17, 15) is 9.18 Å². The monoisotopic (exact) mass is 434 g/mol. The molecule has 0 bridgehead atoms. The second-order valence-electron chi connectivity index (χ2n) is 6.59. The van der Waals surface area contributed by atoms with Gasteiger partial charge in [-0.05, 0) is 43.3 Å². The van der Waals surface area contributed by atoms with Crippen LogP contribution in [0.3, 0.4) is 0 Å². The second-order valence-corrected chi connectivity index (χ2v) is 7.59. The number of aromatic nitrogens is 3. The molecular weight excluding hydrogens is 415 g/mol. The third kappa shape index (κ3) is 4.67. The van der Waals surface area contributed by atoms with Gasteiger partial charge in [0.2, 0.25) is 5.95 Å². The van der Waals surface area contributed by atoms with Gasteiger partial charge < -0.3 is 16.0 Å². The summed E-state index contributed by atoms with van der Waals surface area (Å²) < 4.78 is 13.8. The summed E-state index contributed by atoms with van der Waals surface area (Å²) in [5.41, 5.74) is 2.83. The van der Waals surface area contributed by atoms with Crippen LogP contribution in [0.1, 0.15) is 16.1 Å². The summed E-state index contributed by atoms with van der Waals surface area (Å²) in [5.74, 6) is -0.678. The molecule has 0 saturated heterocycles. The molecule has 0 spiro atoms. The number of rotatable bonds is 6. The number of nitrogens with one attached hydrogen (secondary N) is 3. The van der Waals surface area contributed by atoms with E-state index in [-0.39, 0.29) is 5.56 Å². The molecular formula is C22H19FN6OS. The molecule has 31 heavy (non-hydrogen) atoms. The molecule has 0 saturated carbocycles. The van der Waals surface area contributed by atoms with Crippen LogP contribution in [-0.4, -0.2) is 27.9 Å². The van der Waals surface area contributed by atoms with E-state index in [1.54, 1.807) is 30.5 Å². The third-order valence-electron chi connectivity index (χ3n) is 4.39. The average Bonchev–Trinajstić information content (AvgIpc) is 3.15. The average molecular weight is 435 g/mol. The summed E-state index contributed by atoms with van der Waals surface area (Å²) in [6.45, 7) is 1.93. The second kappa shape index (κ2) is 8.88. The van der Waals surface area contributed by atoms with Gasteiger partial charge in [-0.3, -0.25) is 4.79 Å². The van der Waals surface area contributed by atoms with Crippen molar-refractivity contribution < 1.29 is 9.18 Å². The first-order valence-corrected chi connectivity index (χ1v) is 10.3. The Labute approximate surface area is 182 Å². The van der Waals surface area contributed by atoms with Gasteiger partial charge in [0.25, 0.3) is 5.91 Å². The molecule has 3 N–H and O–H groups in total. The number of aryl methyl sites for hydroxylation is 1. The molecule has 0 aliphatic heterocycles. The van der Waals surface area contributed by atoms with Crippen molar-refractivity contribution in [1.82, 2.24) is 15.0 Å². The highest BCUT2D eigenvalue weighted by atomic mass is 32.1. The molecule has 0 fully saturated rings. The fourth-order valence-corrected chi connectivity index (χ4v) is 3.82. The van der Waals surface area contributed by atoms with Crippen LogP contribution in [0.2, 0.25) is 0 Å². The lowest BCUT2D eigenvalue weighted by atomic mass is 10.2. The van der Waals surface area contributed by atoms with Crippen LogP contribution < -0.4 is 16.0 Å². The van der Waals surface area contributed by atoms with E-state index in [1.165, 1.54) is 29.5 Å². The molecule has 0 radical (unpaired) electrons. The minimum Gasteiger partial charge on any atom is -0.365 e. The van der Waals surface area contributed by atoms with Crippen molar-refractivity contribution in [2.45, 2.75) is 6.92 Å².